The predicted octanol–water partition coefficient (Wildman–Crippen LogP) is 2.55. The highest BCUT2D eigenvalue weighted by atomic mass is 79.9. The van der Waals surface area contributed by atoms with Gasteiger partial charge in [-0.3, -0.25) is 9.59 Å². The number of piperazine rings is 1. The summed E-state index contributed by atoms with van der Waals surface area (Å²) in [5.74, 6) is -0.558. The number of halogens is 1. The Morgan fingerprint density at radius 3 is 2.52 bits per heavy atom. The molecule has 0 saturated carbocycles. The molecule has 1 aliphatic rings. The molecule has 1 aliphatic heterocycles. The Balaban J connectivity index is 1.57. The van der Waals surface area contributed by atoms with Crippen LogP contribution in [-0.2, 0) is 4.79 Å². The number of carbonyl (C=O) groups excluding carboxylic acids is 2. The standard InChI is InChI=1S/C19H23BrN4O3/c1-2-23-9-11-24(12-10-23)15-6-4-3-5-14(15)22-18(25)13-21-19(26)16-7-8-17(20)27-16/h3-8H,2,9-13H2,1H3,(H,21,26)(H,22,25). The summed E-state index contributed by atoms with van der Waals surface area (Å²) >= 11 is 3.15. The molecule has 1 fully saturated rings. The van der Waals surface area contributed by atoms with E-state index in [1.807, 2.05) is 24.3 Å². The number of rotatable bonds is 6. The zero-order valence-electron chi connectivity index (χ0n) is 15.2. The van der Waals surface area contributed by atoms with Crippen LogP contribution in [0.4, 0.5) is 11.4 Å². The van der Waals surface area contributed by atoms with Gasteiger partial charge in [0, 0.05) is 26.2 Å². The molecule has 2 aromatic rings. The molecule has 0 bridgehead atoms. The number of anilines is 2. The molecule has 27 heavy (non-hydrogen) atoms. The quantitative estimate of drug-likeness (QED) is 0.730. The first-order chi connectivity index (χ1) is 13.1. The molecule has 0 spiro atoms. The molecule has 2 heterocycles. The summed E-state index contributed by atoms with van der Waals surface area (Å²) in [6, 6.07) is 10.9. The number of benzene rings is 1. The van der Waals surface area contributed by atoms with Gasteiger partial charge in [0.2, 0.25) is 5.91 Å². The van der Waals surface area contributed by atoms with E-state index in [1.54, 1.807) is 12.1 Å². The van der Waals surface area contributed by atoms with E-state index in [4.69, 9.17) is 4.42 Å². The predicted molar refractivity (Wildman–Crippen MR) is 108 cm³/mol. The van der Waals surface area contributed by atoms with Crippen molar-refractivity contribution in [3.05, 3.63) is 46.8 Å². The summed E-state index contributed by atoms with van der Waals surface area (Å²) < 4.78 is 5.64. The fraction of sp³-hybridized carbons (Fsp3) is 0.368. The minimum Gasteiger partial charge on any atom is -0.444 e. The Morgan fingerprint density at radius 2 is 1.85 bits per heavy atom. The van der Waals surface area contributed by atoms with Crippen molar-refractivity contribution in [1.82, 2.24) is 10.2 Å². The molecule has 0 aliphatic carbocycles. The van der Waals surface area contributed by atoms with Crippen LogP contribution >= 0.6 is 15.9 Å². The highest BCUT2D eigenvalue weighted by molar-refractivity contribution is 9.10. The van der Waals surface area contributed by atoms with Crippen molar-refractivity contribution in [3.63, 3.8) is 0 Å². The molecule has 1 aromatic heterocycles. The van der Waals surface area contributed by atoms with E-state index in [2.05, 4.69) is 43.3 Å². The minimum absolute atomic E-state index is 0.130. The molecule has 8 heteroatoms. The van der Waals surface area contributed by atoms with Crippen LogP contribution in [0, 0.1) is 0 Å². The Hall–Kier alpha value is -2.32. The van der Waals surface area contributed by atoms with Crippen LogP contribution in [0.25, 0.3) is 0 Å². The molecule has 1 aromatic carbocycles. The second kappa shape index (κ2) is 9.05. The average molecular weight is 435 g/mol. The Morgan fingerprint density at radius 1 is 1.11 bits per heavy atom. The Labute approximate surface area is 166 Å². The third-order valence-electron chi connectivity index (χ3n) is 4.54. The molecular formula is C19H23BrN4O3. The molecule has 1 saturated heterocycles. The van der Waals surface area contributed by atoms with Crippen LogP contribution in [0.1, 0.15) is 17.5 Å². The number of amides is 2. The summed E-state index contributed by atoms with van der Waals surface area (Å²) in [6.07, 6.45) is 0. The SMILES string of the molecule is CCN1CCN(c2ccccc2NC(=O)CNC(=O)c2ccc(Br)o2)CC1. The smallest absolute Gasteiger partial charge is 0.287 e. The van der Waals surface area contributed by atoms with Crippen LogP contribution in [0.15, 0.2) is 45.5 Å². The van der Waals surface area contributed by atoms with Crippen LogP contribution in [0.5, 0.6) is 0 Å². The fourth-order valence-corrected chi connectivity index (χ4v) is 3.35. The minimum atomic E-state index is -0.431. The average Bonchev–Trinajstić information content (AvgIpc) is 3.13. The summed E-state index contributed by atoms with van der Waals surface area (Å²) in [7, 11) is 0. The number of carbonyl (C=O) groups is 2. The van der Waals surface area contributed by atoms with Crippen LogP contribution < -0.4 is 15.5 Å². The zero-order chi connectivity index (χ0) is 19.2. The summed E-state index contributed by atoms with van der Waals surface area (Å²) in [6.45, 7) is 6.95. The second-order valence-electron chi connectivity index (χ2n) is 6.27. The normalized spacial score (nSPS) is 14.8. The third-order valence-corrected chi connectivity index (χ3v) is 4.97. The lowest BCUT2D eigenvalue weighted by Crippen LogP contribution is -2.46. The van der Waals surface area contributed by atoms with Crippen molar-refractivity contribution in [2.45, 2.75) is 6.92 Å². The first-order valence-corrected chi connectivity index (χ1v) is 9.76. The van der Waals surface area contributed by atoms with Gasteiger partial charge in [0.1, 0.15) is 0 Å². The molecule has 0 atom stereocenters. The monoisotopic (exact) mass is 434 g/mol. The molecular weight excluding hydrogens is 412 g/mol. The van der Waals surface area contributed by atoms with Crippen LogP contribution in [0.3, 0.4) is 0 Å². The number of para-hydroxylation sites is 2. The van der Waals surface area contributed by atoms with Crippen molar-refractivity contribution in [3.8, 4) is 0 Å². The van der Waals surface area contributed by atoms with E-state index in [-0.39, 0.29) is 18.2 Å². The van der Waals surface area contributed by atoms with Crippen molar-refractivity contribution < 1.29 is 14.0 Å². The van der Waals surface area contributed by atoms with Gasteiger partial charge in [0.25, 0.3) is 5.91 Å². The Kier molecular flexibility index (Phi) is 6.52. The van der Waals surface area contributed by atoms with Crippen molar-refractivity contribution >= 4 is 39.1 Å². The van der Waals surface area contributed by atoms with Gasteiger partial charge in [0.15, 0.2) is 10.4 Å². The van der Waals surface area contributed by atoms with Gasteiger partial charge < -0.3 is 24.9 Å². The van der Waals surface area contributed by atoms with Gasteiger partial charge >= 0.3 is 0 Å². The summed E-state index contributed by atoms with van der Waals surface area (Å²) in [5, 5.41) is 5.46. The lowest BCUT2D eigenvalue weighted by molar-refractivity contribution is -0.115. The molecule has 2 N–H and O–H groups in total. The largest absolute Gasteiger partial charge is 0.444 e. The number of hydrogen-bond donors (Lipinski definition) is 2. The van der Waals surface area contributed by atoms with Gasteiger partial charge in [0.05, 0.1) is 17.9 Å². The van der Waals surface area contributed by atoms with E-state index in [1.165, 1.54) is 0 Å². The number of nitrogens with one attached hydrogen (secondary N) is 2. The number of nitrogens with zero attached hydrogens (tertiary/aromatic N) is 2. The van der Waals surface area contributed by atoms with Gasteiger partial charge in [-0.15, -0.1) is 0 Å². The maximum absolute atomic E-state index is 12.3. The number of furan rings is 1. The summed E-state index contributed by atoms with van der Waals surface area (Å²) in [4.78, 5) is 28.9. The maximum atomic E-state index is 12.3. The van der Waals surface area contributed by atoms with E-state index in [0.717, 1.165) is 44.1 Å². The number of hydrogen-bond acceptors (Lipinski definition) is 5. The number of likely N-dealkylation sites (N-methyl/N-ethyl adjacent to an activating group) is 1. The van der Waals surface area contributed by atoms with E-state index in [9.17, 15) is 9.59 Å². The van der Waals surface area contributed by atoms with Crippen molar-refractivity contribution in [1.29, 1.82) is 0 Å². The van der Waals surface area contributed by atoms with Gasteiger partial charge in [-0.25, -0.2) is 0 Å². The van der Waals surface area contributed by atoms with Crippen molar-refractivity contribution in [2.24, 2.45) is 0 Å². The van der Waals surface area contributed by atoms with Crippen LogP contribution in [0.2, 0.25) is 0 Å². The molecule has 7 nitrogen and oxygen atoms in total. The van der Waals surface area contributed by atoms with Gasteiger partial charge in [-0.2, -0.15) is 0 Å². The molecule has 3 rings (SSSR count). The zero-order valence-corrected chi connectivity index (χ0v) is 16.8. The fourth-order valence-electron chi connectivity index (χ4n) is 3.04. The van der Waals surface area contributed by atoms with Gasteiger partial charge in [-0.05, 0) is 46.7 Å². The highest BCUT2D eigenvalue weighted by Crippen LogP contribution is 2.26. The lowest BCUT2D eigenvalue weighted by atomic mass is 10.2. The van der Waals surface area contributed by atoms with E-state index < -0.39 is 5.91 Å². The molecule has 144 valence electrons. The molecule has 2 amide bonds. The maximum Gasteiger partial charge on any atom is 0.287 e. The van der Waals surface area contributed by atoms with E-state index >= 15 is 0 Å². The van der Waals surface area contributed by atoms with E-state index in [0.29, 0.717) is 4.67 Å². The molecule has 0 radical (unpaired) electrons. The Bertz CT molecular complexity index is 800. The first kappa shape index (κ1) is 19.4. The third kappa shape index (κ3) is 5.11. The van der Waals surface area contributed by atoms with Gasteiger partial charge in [-0.1, -0.05) is 19.1 Å². The summed E-state index contributed by atoms with van der Waals surface area (Å²) in [5.41, 5.74) is 1.75. The second-order valence-corrected chi connectivity index (χ2v) is 7.05. The lowest BCUT2D eigenvalue weighted by Gasteiger charge is -2.36. The molecule has 0 unspecified atom stereocenters. The van der Waals surface area contributed by atoms with Crippen molar-refractivity contribution in [2.75, 3.05) is 49.5 Å². The highest BCUT2D eigenvalue weighted by Gasteiger charge is 2.19. The first-order valence-electron chi connectivity index (χ1n) is 8.96. The topological polar surface area (TPSA) is 77.8 Å². The van der Waals surface area contributed by atoms with Crippen LogP contribution in [-0.4, -0.2) is 56.0 Å².